The number of hydrogen-bond donors (Lipinski definition) is 2. The van der Waals surface area contributed by atoms with Gasteiger partial charge in [-0.3, -0.25) is 34.0 Å². The van der Waals surface area contributed by atoms with Crippen molar-refractivity contribution in [3.63, 3.8) is 0 Å². The Kier molecular flexibility index (Phi) is 17.0. The Labute approximate surface area is 401 Å². The molecule has 1 unspecified atom stereocenters. The average Bonchev–Trinajstić information content (AvgIpc) is 3.94. The van der Waals surface area contributed by atoms with Crippen molar-refractivity contribution in [2.24, 2.45) is 17.3 Å². The summed E-state index contributed by atoms with van der Waals surface area (Å²) in [4.78, 5) is 74.9. The van der Waals surface area contributed by atoms with Gasteiger partial charge in [0.1, 0.15) is 12.1 Å². The number of likely N-dealkylation sites (N-methyl/N-ethyl adjacent to an activating group) is 1. The second kappa shape index (κ2) is 22.7. The van der Waals surface area contributed by atoms with Crippen molar-refractivity contribution in [2.75, 3.05) is 46.9 Å². The molecule has 2 fully saturated rings. The molecule has 0 radical (unpaired) electrons. The highest BCUT2D eigenvalue weighted by molar-refractivity contribution is 5.96. The van der Waals surface area contributed by atoms with Gasteiger partial charge < -0.3 is 29.2 Å². The lowest BCUT2D eigenvalue weighted by atomic mass is 9.84. The summed E-state index contributed by atoms with van der Waals surface area (Å²) < 4.78 is 13.7. The number of nitrogens with one attached hydrogen (secondary N) is 2. The molecule has 2 aliphatic heterocycles. The molecular weight excluding hydrogens is 859 g/mol. The highest BCUT2D eigenvalue weighted by Crippen LogP contribution is 2.42. The van der Waals surface area contributed by atoms with Crippen molar-refractivity contribution >= 4 is 40.5 Å². The number of ether oxygens (including phenoxy) is 2. The summed E-state index contributed by atoms with van der Waals surface area (Å²) in [5, 5.41) is 5.71. The zero-order valence-electron chi connectivity index (χ0n) is 41.3. The van der Waals surface area contributed by atoms with Crippen LogP contribution < -0.4 is 10.7 Å². The molecule has 4 atom stereocenters. The van der Waals surface area contributed by atoms with Crippen LogP contribution in [0.2, 0.25) is 0 Å². The van der Waals surface area contributed by atoms with Gasteiger partial charge in [-0.15, -0.1) is 5.92 Å². The average molecular weight is 928 g/mol. The fraction of sp³-hybridized carbons (Fsp3) is 0.481. The van der Waals surface area contributed by atoms with Crippen molar-refractivity contribution in [3.05, 3.63) is 90.3 Å². The molecule has 4 amide bonds. The number of carbonyl (C=O) groups excluding carboxylic acids is 5. The molecule has 2 aromatic carbocycles. The summed E-state index contributed by atoms with van der Waals surface area (Å²) in [6, 6.07) is 16.6. The number of hydrogen-bond acceptors (Lipinski definition) is 9. The van der Waals surface area contributed by atoms with Crippen LogP contribution in [0, 0.1) is 29.1 Å². The van der Waals surface area contributed by atoms with Gasteiger partial charge in [0.15, 0.2) is 0 Å². The molecule has 0 saturated carbocycles. The van der Waals surface area contributed by atoms with E-state index in [0.717, 1.165) is 62.9 Å². The van der Waals surface area contributed by atoms with Crippen LogP contribution in [0.1, 0.15) is 90.7 Å². The first kappa shape index (κ1) is 51.1. The number of hydrazine groups is 1. The van der Waals surface area contributed by atoms with Gasteiger partial charge in [-0.25, -0.2) is 5.43 Å². The number of nitrogens with zero attached hydrogens (tertiary/aromatic N) is 5. The van der Waals surface area contributed by atoms with Crippen molar-refractivity contribution in [1.29, 1.82) is 0 Å². The second-order valence-corrected chi connectivity index (χ2v) is 19.2. The van der Waals surface area contributed by atoms with E-state index in [9.17, 15) is 24.0 Å². The van der Waals surface area contributed by atoms with Gasteiger partial charge >= 0.3 is 5.97 Å². The number of pyridine rings is 1. The maximum Gasteiger partial charge on any atom is 0.302 e. The Morgan fingerprint density at radius 1 is 1.04 bits per heavy atom. The molecular formula is C54H69N7O7. The first-order valence-corrected chi connectivity index (χ1v) is 23.8. The van der Waals surface area contributed by atoms with Crippen LogP contribution in [-0.2, 0) is 52.8 Å². The zero-order valence-corrected chi connectivity index (χ0v) is 41.3. The quantitative estimate of drug-likeness (QED) is 0.0616. The van der Waals surface area contributed by atoms with E-state index in [1.807, 2.05) is 52.0 Å². The van der Waals surface area contributed by atoms with Gasteiger partial charge in [0.05, 0.1) is 36.6 Å². The van der Waals surface area contributed by atoms with Crippen molar-refractivity contribution in [1.82, 2.24) is 35.1 Å². The smallest absolute Gasteiger partial charge is 0.302 e. The zero-order chi connectivity index (χ0) is 49.3. The second-order valence-electron chi connectivity index (χ2n) is 19.2. The minimum atomic E-state index is -0.937. The normalized spacial score (nSPS) is 16.4. The molecule has 0 bridgehead atoms. The van der Waals surface area contributed by atoms with Crippen LogP contribution in [0.15, 0.2) is 73.4 Å². The monoisotopic (exact) mass is 928 g/mol. The van der Waals surface area contributed by atoms with Crippen LogP contribution in [0.3, 0.4) is 0 Å². The topological polar surface area (TPSA) is 155 Å². The van der Waals surface area contributed by atoms with Gasteiger partial charge in [0, 0.05) is 81.8 Å². The van der Waals surface area contributed by atoms with Crippen LogP contribution in [0.25, 0.3) is 33.3 Å². The Morgan fingerprint density at radius 2 is 1.81 bits per heavy atom. The largest absolute Gasteiger partial charge is 0.465 e. The van der Waals surface area contributed by atoms with Gasteiger partial charge in [-0.2, -0.15) is 0 Å². The number of benzene rings is 2. The van der Waals surface area contributed by atoms with E-state index in [0.29, 0.717) is 39.0 Å². The van der Waals surface area contributed by atoms with E-state index in [2.05, 4.69) is 77.9 Å². The predicted octanol–water partition coefficient (Wildman–Crippen LogP) is 6.90. The van der Waals surface area contributed by atoms with E-state index in [4.69, 9.17) is 14.5 Å². The van der Waals surface area contributed by atoms with E-state index in [-0.39, 0.29) is 55.3 Å². The Bertz CT molecular complexity index is 2560. The van der Waals surface area contributed by atoms with Crippen molar-refractivity contribution in [3.8, 4) is 34.2 Å². The Balaban J connectivity index is 1.38. The highest BCUT2D eigenvalue weighted by atomic mass is 16.5. The number of carbonyl (C=O) groups is 5. The summed E-state index contributed by atoms with van der Waals surface area (Å²) >= 11 is 0. The summed E-state index contributed by atoms with van der Waals surface area (Å²) in [6.45, 7) is 19.3. The predicted molar refractivity (Wildman–Crippen MR) is 264 cm³/mol. The number of aromatic nitrogens is 2. The van der Waals surface area contributed by atoms with E-state index < -0.39 is 29.3 Å². The van der Waals surface area contributed by atoms with Crippen molar-refractivity contribution in [2.45, 2.75) is 105 Å². The molecule has 2 aliphatic rings. The maximum absolute atomic E-state index is 14.4. The number of methoxy groups -OCH3 is 1. The number of fused-ring (bicyclic) bond motifs is 1. The van der Waals surface area contributed by atoms with E-state index in [1.165, 1.54) is 17.9 Å². The van der Waals surface area contributed by atoms with E-state index >= 15 is 0 Å². The lowest BCUT2D eigenvalue weighted by molar-refractivity contribution is -0.146. The molecule has 4 heterocycles. The summed E-state index contributed by atoms with van der Waals surface area (Å²) in [5.74, 6) is 4.22. The number of likely N-dealkylation sites (tertiary alicyclic amines) is 1. The molecule has 2 saturated heterocycles. The first-order chi connectivity index (χ1) is 32.5. The number of rotatable bonds is 18. The van der Waals surface area contributed by atoms with Crippen molar-refractivity contribution < 1.29 is 33.4 Å². The minimum Gasteiger partial charge on any atom is -0.465 e. The lowest BCUT2D eigenvalue weighted by Crippen LogP contribution is -2.59. The summed E-state index contributed by atoms with van der Waals surface area (Å²) in [5.41, 5.74) is 10.2. The van der Waals surface area contributed by atoms with Gasteiger partial charge in [0.25, 0.3) is 5.91 Å². The van der Waals surface area contributed by atoms with Gasteiger partial charge in [0.2, 0.25) is 17.7 Å². The summed E-state index contributed by atoms with van der Waals surface area (Å²) in [6.07, 6.45) is 5.77. The molecule has 2 N–H and O–H groups in total. The van der Waals surface area contributed by atoms with Crippen LogP contribution in [-0.4, -0.2) is 113 Å². The summed E-state index contributed by atoms with van der Waals surface area (Å²) in [7, 11) is 3.30. The Morgan fingerprint density at radius 3 is 2.49 bits per heavy atom. The van der Waals surface area contributed by atoms with Crippen LogP contribution >= 0.6 is 0 Å². The molecule has 6 rings (SSSR count). The third-order valence-corrected chi connectivity index (χ3v) is 13.1. The van der Waals surface area contributed by atoms with Gasteiger partial charge in [-0.05, 0) is 98.0 Å². The SMILES string of the molecule is C=CC(=O)N1CC[C@H](C(=O)N(C)C(C(=O)N[C@@H](Cc2cccc(-c3ccc4c(c3)c(CC(C)(C)COC(C)=O)c(-c3cccnc3[C@H](C)OC)n4CC#CC)c2)C(=O)N2CCCCN2)C(C)C)C1. The van der Waals surface area contributed by atoms with Gasteiger partial charge in [-0.1, -0.05) is 70.5 Å². The molecule has 4 aromatic rings. The fourth-order valence-electron chi connectivity index (χ4n) is 9.57. The Hall–Kier alpha value is -6.30. The number of amides is 4. The maximum atomic E-state index is 14.4. The molecule has 0 spiro atoms. The highest BCUT2D eigenvalue weighted by Gasteiger charge is 2.39. The molecule has 362 valence electrons. The molecule has 14 nitrogen and oxygen atoms in total. The molecule has 0 aliphatic carbocycles. The molecule has 2 aromatic heterocycles. The first-order valence-electron chi connectivity index (χ1n) is 23.8. The van der Waals surface area contributed by atoms with E-state index in [1.54, 1.807) is 30.3 Å². The third kappa shape index (κ3) is 11.9. The van der Waals surface area contributed by atoms with Crippen LogP contribution in [0.5, 0.6) is 0 Å². The fourth-order valence-corrected chi connectivity index (χ4v) is 9.57. The number of esters is 1. The third-order valence-electron chi connectivity index (χ3n) is 13.1. The molecule has 68 heavy (non-hydrogen) atoms. The molecule has 14 heteroatoms. The minimum absolute atomic E-state index is 0.204. The standard InChI is InChI=1S/C54H69N7O7/c1-11-13-26-60-46-22-21-40(31-43(46)44(32-54(7,8)34-68-37(6)62)50(60)42-20-17-24-55-48(42)36(5)67-10)39-19-16-18-38(29-39)30-45(53(66)61-27-15-14-25-56-61)57-51(64)49(35(3)4)58(9)52(65)41-23-28-59(33-41)47(63)12-2/h12,16-22,24,29,31,35-36,41,45,49,56H,2,14-15,23,25-28,30,32-34H2,1,3-10H3,(H,57,64)/t36-,41-,45-,49?/m0/s1. The lowest BCUT2D eigenvalue weighted by Gasteiger charge is -2.35. The van der Waals surface area contributed by atoms with Crippen LogP contribution in [0.4, 0.5) is 0 Å².